The van der Waals surface area contributed by atoms with Crippen LogP contribution in [0.25, 0.3) is 0 Å². The number of nitrogens with zero attached hydrogens (tertiary/aromatic N) is 1. The fourth-order valence-electron chi connectivity index (χ4n) is 2.67. The van der Waals surface area contributed by atoms with Crippen LogP contribution >= 0.6 is 0 Å². The zero-order chi connectivity index (χ0) is 14.5. The Labute approximate surface area is 119 Å². The van der Waals surface area contributed by atoms with Gasteiger partial charge in [0.2, 0.25) is 0 Å². The van der Waals surface area contributed by atoms with E-state index in [2.05, 4.69) is 0 Å². The van der Waals surface area contributed by atoms with Gasteiger partial charge in [-0.3, -0.25) is 9.59 Å². The van der Waals surface area contributed by atoms with E-state index in [0.717, 1.165) is 32.3 Å². The first-order valence-corrected chi connectivity index (χ1v) is 7.32. The zero-order valence-electron chi connectivity index (χ0n) is 11.9. The van der Waals surface area contributed by atoms with E-state index in [1.54, 1.807) is 11.8 Å². The van der Waals surface area contributed by atoms with Crippen LogP contribution in [-0.2, 0) is 19.1 Å². The molecule has 0 aromatic carbocycles. The Hall–Kier alpha value is -1.14. The number of hydrogen-bond donors (Lipinski definition) is 1. The molecule has 6 nitrogen and oxygen atoms in total. The smallest absolute Gasteiger partial charge is 0.308 e. The largest absolute Gasteiger partial charge is 0.481 e. The van der Waals surface area contributed by atoms with Gasteiger partial charge in [0.05, 0.1) is 12.0 Å². The van der Waals surface area contributed by atoms with Crippen LogP contribution in [0.4, 0.5) is 0 Å². The minimum Gasteiger partial charge on any atom is -0.481 e. The minimum absolute atomic E-state index is 0.0290. The number of ether oxygens (including phenoxy) is 2. The Bertz CT molecular complexity index is 347. The molecule has 0 spiro atoms. The molecule has 2 fully saturated rings. The zero-order valence-corrected chi connectivity index (χ0v) is 11.9. The molecule has 0 aromatic rings. The van der Waals surface area contributed by atoms with E-state index >= 15 is 0 Å². The number of rotatable bonds is 6. The Kier molecular flexibility index (Phi) is 5.37. The summed E-state index contributed by atoms with van der Waals surface area (Å²) in [6, 6.07) is 0. The topological polar surface area (TPSA) is 76.1 Å². The second kappa shape index (κ2) is 7.04. The van der Waals surface area contributed by atoms with Crippen molar-refractivity contribution in [1.82, 2.24) is 4.90 Å². The number of carbonyl (C=O) groups is 2. The molecule has 114 valence electrons. The molecule has 2 aliphatic heterocycles. The third kappa shape index (κ3) is 3.93. The fourth-order valence-corrected chi connectivity index (χ4v) is 2.67. The molecule has 1 N–H and O–H groups in total. The first-order valence-electron chi connectivity index (χ1n) is 7.32. The maximum absolute atomic E-state index is 12.4. The molecule has 3 unspecified atom stereocenters. The Balaban J connectivity index is 1.97. The average molecular weight is 285 g/mol. The number of carbonyl (C=O) groups excluding carboxylic acids is 1. The molecule has 2 heterocycles. The van der Waals surface area contributed by atoms with Crippen molar-refractivity contribution in [1.29, 1.82) is 0 Å². The molecule has 2 rings (SSSR count). The molecule has 2 saturated heterocycles. The maximum Gasteiger partial charge on any atom is 0.308 e. The second-order valence-corrected chi connectivity index (χ2v) is 5.62. The fraction of sp³-hybridized carbons (Fsp3) is 0.857. The van der Waals surface area contributed by atoms with Crippen LogP contribution in [0, 0.1) is 5.92 Å². The lowest BCUT2D eigenvalue weighted by Gasteiger charge is -2.29. The quantitative estimate of drug-likeness (QED) is 0.784. The summed E-state index contributed by atoms with van der Waals surface area (Å²) in [4.78, 5) is 25.1. The van der Waals surface area contributed by atoms with Crippen LogP contribution in [0.3, 0.4) is 0 Å². The summed E-state index contributed by atoms with van der Waals surface area (Å²) in [5.41, 5.74) is 0. The highest BCUT2D eigenvalue weighted by molar-refractivity contribution is 5.82. The van der Waals surface area contributed by atoms with E-state index in [-0.39, 0.29) is 18.6 Å². The molecular formula is C14H23NO5. The number of hydrogen-bond acceptors (Lipinski definition) is 4. The lowest BCUT2D eigenvalue weighted by molar-refractivity contribution is -0.147. The lowest BCUT2D eigenvalue weighted by atomic mass is 10.1. The average Bonchev–Trinajstić information content (AvgIpc) is 3.10. The van der Waals surface area contributed by atoms with E-state index in [1.165, 1.54) is 0 Å². The van der Waals surface area contributed by atoms with Crippen LogP contribution in [-0.4, -0.2) is 60.4 Å². The predicted molar refractivity (Wildman–Crippen MR) is 71.3 cm³/mol. The number of carboxylic acids is 1. The highest BCUT2D eigenvalue weighted by Crippen LogP contribution is 2.19. The van der Waals surface area contributed by atoms with Gasteiger partial charge < -0.3 is 19.5 Å². The summed E-state index contributed by atoms with van der Waals surface area (Å²) >= 11 is 0. The summed E-state index contributed by atoms with van der Waals surface area (Å²) in [5.74, 6) is -1.56. The van der Waals surface area contributed by atoms with Gasteiger partial charge in [0.15, 0.2) is 0 Å². The summed E-state index contributed by atoms with van der Waals surface area (Å²) in [6.07, 6.45) is 3.16. The lowest BCUT2D eigenvalue weighted by Crippen LogP contribution is -2.45. The molecule has 1 amide bonds. The van der Waals surface area contributed by atoms with Gasteiger partial charge >= 0.3 is 5.97 Å². The summed E-state index contributed by atoms with van der Waals surface area (Å²) in [7, 11) is 0. The van der Waals surface area contributed by atoms with Crippen molar-refractivity contribution in [3.8, 4) is 0 Å². The number of carboxylic acid groups (broad SMARTS) is 1. The summed E-state index contributed by atoms with van der Waals surface area (Å²) in [5, 5.41) is 9.04. The monoisotopic (exact) mass is 285 g/mol. The van der Waals surface area contributed by atoms with Crippen molar-refractivity contribution < 1.29 is 24.2 Å². The van der Waals surface area contributed by atoms with Gasteiger partial charge in [0.25, 0.3) is 5.91 Å². The van der Waals surface area contributed by atoms with Gasteiger partial charge in [-0.1, -0.05) is 6.92 Å². The van der Waals surface area contributed by atoms with Gasteiger partial charge in [0.1, 0.15) is 6.10 Å². The van der Waals surface area contributed by atoms with Crippen LogP contribution in [0.5, 0.6) is 0 Å². The van der Waals surface area contributed by atoms with Gasteiger partial charge in [-0.05, 0) is 25.7 Å². The molecule has 0 aliphatic carbocycles. The van der Waals surface area contributed by atoms with E-state index < -0.39 is 18.0 Å². The Morgan fingerprint density at radius 2 is 1.95 bits per heavy atom. The van der Waals surface area contributed by atoms with Gasteiger partial charge in [-0.2, -0.15) is 0 Å². The molecule has 6 heteroatoms. The van der Waals surface area contributed by atoms with E-state index in [4.69, 9.17) is 14.6 Å². The van der Waals surface area contributed by atoms with Crippen molar-refractivity contribution >= 4 is 11.9 Å². The van der Waals surface area contributed by atoms with Crippen molar-refractivity contribution in [2.24, 2.45) is 5.92 Å². The van der Waals surface area contributed by atoms with Crippen molar-refractivity contribution in [3.05, 3.63) is 0 Å². The maximum atomic E-state index is 12.4. The first-order chi connectivity index (χ1) is 9.58. The van der Waals surface area contributed by atoms with Crippen molar-refractivity contribution in [2.45, 2.75) is 44.8 Å². The van der Waals surface area contributed by atoms with Crippen molar-refractivity contribution in [2.75, 3.05) is 26.3 Å². The number of amides is 1. The van der Waals surface area contributed by atoms with Gasteiger partial charge in [0, 0.05) is 26.3 Å². The van der Waals surface area contributed by atoms with Gasteiger partial charge in [-0.15, -0.1) is 0 Å². The molecular weight excluding hydrogens is 262 g/mol. The molecule has 2 aliphatic rings. The second-order valence-electron chi connectivity index (χ2n) is 5.62. The van der Waals surface area contributed by atoms with Crippen LogP contribution in [0.1, 0.15) is 32.6 Å². The van der Waals surface area contributed by atoms with Crippen LogP contribution in [0.2, 0.25) is 0 Å². The van der Waals surface area contributed by atoms with Crippen molar-refractivity contribution in [3.63, 3.8) is 0 Å². The Morgan fingerprint density at radius 3 is 2.50 bits per heavy atom. The third-order valence-electron chi connectivity index (χ3n) is 3.88. The molecule has 0 bridgehead atoms. The standard InChI is InChI=1S/C14H23NO5/c1-10(14(17)18)8-15(9-11-4-2-6-19-11)13(16)12-5-3-7-20-12/h10-12H,2-9H2,1H3,(H,17,18). The molecule has 3 atom stereocenters. The Morgan fingerprint density at radius 1 is 1.25 bits per heavy atom. The van der Waals surface area contributed by atoms with Crippen LogP contribution in [0.15, 0.2) is 0 Å². The van der Waals surface area contributed by atoms with E-state index in [9.17, 15) is 9.59 Å². The van der Waals surface area contributed by atoms with Crippen LogP contribution < -0.4 is 0 Å². The molecule has 0 saturated carbocycles. The molecule has 0 aromatic heterocycles. The molecule has 20 heavy (non-hydrogen) atoms. The number of aliphatic carboxylic acids is 1. The third-order valence-corrected chi connectivity index (χ3v) is 3.88. The SMILES string of the molecule is CC(CN(CC1CCCO1)C(=O)C1CCCO1)C(=O)O. The summed E-state index contributed by atoms with van der Waals surface area (Å²) < 4.78 is 11.0. The summed E-state index contributed by atoms with van der Waals surface area (Å²) in [6.45, 7) is 3.64. The normalized spacial score (nSPS) is 27.4. The van der Waals surface area contributed by atoms with E-state index in [0.29, 0.717) is 13.2 Å². The highest BCUT2D eigenvalue weighted by atomic mass is 16.5. The van der Waals surface area contributed by atoms with Gasteiger partial charge in [-0.25, -0.2) is 0 Å². The molecule has 0 radical (unpaired) electrons. The first kappa shape index (κ1) is 15.3. The predicted octanol–water partition coefficient (Wildman–Crippen LogP) is 0.894. The van der Waals surface area contributed by atoms with E-state index in [1.807, 2.05) is 0 Å². The highest BCUT2D eigenvalue weighted by Gasteiger charge is 2.32. The minimum atomic E-state index is -0.887.